The molecule has 0 saturated heterocycles. The molecule has 0 heterocycles. The van der Waals surface area contributed by atoms with Crippen LogP contribution in [0.1, 0.15) is 61.3 Å². The summed E-state index contributed by atoms with van der Waals surface area (Å²) in [6.07, 6.45) is 2.39. The lowest BCUT2D eigenvalue weighted by molar-refractivity contribution is 0.112. The summed E-state index contributed by atoms with van der Waals surface area (Å²) in [5, 5.41) is 3.64. The summed E-state index contributed by atoms with van der Waals surface area (Å²) in [5.74, 6) is 0.693. The molecule has 17 heavy (non-hydrogen) atoms. The molecule has 0 bridgehead atoms. The molecule has 0 radical (unpaired) electrons. The van der Waals surface area contributed by atoms with Gasteiger partial charge in [0.05, 0.1) is 0 Å². The van der Waals surface area contributed by atoms with Crippen LogP contribution in [0.2, 0.25) is 0 Å². The minimum Gasteiger partial charge on any atom is -0.382 e. The van der Waals surface area contributed by atoms with Gasteiger partial charge in [-0.2, -0.15) is 0 Å². The Balaban J connectivity index is 4.17. The predicted molar refractivity (Wildman–Crippen MR) is 76.4 cm³/mol. The summed E-state index contributed by atoms with van der Waals surface area (Å²) < 4.78 is 5.43. The van der Waals surface area contributed by atoms with E-state index in [1.54, 1.807) is 0 Å². The highest BCUT2D eigenvalue weighted by molar-refractivity contribution is 4.83. The zero-order valence-electron chi connectivity index (χ0n) is 13.0. The average Bonchev–Trinajstić information content (AvgIpc) is 2.20. The van der Waals surface area contributed by atoms with E-state index in [-0.39, 0.29) is 5.54 Å². The minimum atomic E-state index is 0.204. The van der Waals surface area contributed by atoms with E-state index < -0.39 is 0 Å². The molecule has 0 amide bonds. The summed E-state index contributed by atoms with van der Waals surface area (Å²) in [5.41, 5.74) is 0.570. The van der Waals surface area contributed by atoms with Gasteiger partial charge in [0, 0.05) is 25.3 Å². The highest BCUT2D eigenvalue weighted by Gasteiger charge is 2.29. The fourth-order valence-corrected chi connectivity index (χ4v) is 1.77. The molecule has 2 nitrogen and oxygen atoms in total. The van der Waals surface area contributed by atoms with Crippen LogP contribution in [-0.2, 0) is 4.74 Å². The van der Waals surface area contributed by atoms with E-state index in [9.17, 15) is 0 Å². The molecule has 0 aromatic carbocycles. The van der Waals surface area contributed by atoms with Crippen molar-refractivity contribution in [2.24, 2.45) is 11.3 Å². The Kier molecular flexibility index (Phi) is 7.34. The number of hydrogen-bond donors (Lipinski definition) is 1. The Morgan fingerprint density at radius 2 is 1.71 bits per heavy atom. The van der Waals surface area contributed by atoms with E-state index in [4.69, 9.17) is 4.74 Å². The van der Waals surface area contributed by atoms with Crippen molar-refractivity contribution >= 4 is 0 Å². The SMILES string of the molecule is CCOCCCC(C)(CNC(C)(C)C)C(C)C. The van der Waals surface area contributed by atoms with Gasteiger partial charge in [0.15, 0.2) is 0 Å². The van der Waals surface area contributed by atoms with Gasteiger partial charge < -0.3 is 10.1 Å². The highest BCUT2D eigenvalue weighted by Crippen LogP contribution is 2.32. The molecule has 0 aliphatic heterocycles. The zero-order valence-corrected chi connectivity index (χ0v) is 13.0. The van der Waals surface area contributed by atoms with Gasteiger partial charge >= 0.3 is 0 Å². The van der Waals surface area contributed by atoms with Crippen LogP contribution in [0, 0.1) is 11.3 Å². The Labute approximate surface area is 109 Å². The van der Waals surface area contributed by atoms with Gasteiger partial charge in [0.1, 0.15) is 0 Å². The molecular formula is C15H33NO. The van der Waals surface area contributed by atoms with Crippen molar-refractivity contribution in [2.75, 3.05) is 19.8 Å². The molecule has 0 rings (SSSR count). The molecule has 0 fully saturated rings. The number of hydrogen-bond acceptors (Lipinski definition) is 2. The summed E-state index contributed by atoms with van der Waals surface area (Å²) in [4.78, 5) is 0. The fourth-order valence-electron chi connectivity index (χ4n) is 1.77. The van der Waals surface area contributed by atoms with Gasteiger partial charge in [0.25, 0.3) is 0 Å². The Hall–Kier alpha value is -0.0800. The van der Waals surface area contributed by atoms with Gasteiger partial charge in [-0.1, -0.05) is 20.8 Å². The third-order valence-electron chi connectivity index (χ3n) is 3.66. The van der Waals surface area contributed by atoms with Gasteiger partial charge in [-0.25, -0.2) is 0 Å². The van der Waals surface area contributed by atoms with Gasteiger partial charge in [-0.3, -0.25) is 0 Å². The van der Waals surface area contributed by atoms with E-state index >= 15 is 0 Å². The van der Waals surface area contributed by atoms with E-state index in [2.05, 4.69) is 53.8 Å². The Bertz CT molecular complexity index is 196. The second-order valence-electron chi connectivity index (χ2n) is 6.71. The Morgan fingerprint density at radius 1 is 1.12 bits per heavy atom. The highest BCUT2D eigenvalue weighted by atomic mass is 16.5. The molecule has 1 N–H and O–H groups in total. The minimum absolute atomic E-state index is 0.204. The summed E-state index contributed by atoms with van der Waals surface area (Å²) >= 11 is 0. The van der Waals surface area contributed by atoms with Crippen LogP contribution in [-0.4, -0.2) is 25.3 Å². The lowest BCUT2D eigenvalue weighted by Gasteiger charge is -2.37. The molecule has 104 valence electrons. The Morgan fingerprint density at radius 3 is 2.12 bits per heavy atom. The topological polar surface area (TPSA) is 21.3 Å². The van der Waals surface area contributed by atoms with Crippen molar-refractivity contribution in [1.82, 2.24) is 5.32 Å². The third-order valence-corrected chi connectivity index (χ3v) is 3.66. The largest absolute Gasteiger partial charge is 0.382 e. The smallest absolute Gasteiger partial charge is 0.0466 e. The van der Waals surface area contributed by atoms with E-state index in [1.807, 2.05) is 0 Å². The van der Waals surface area contributed by atoms with Crippen molar-refractivity contribution in [3.8, 4) is 0 Å². The molecule has 0 spiro atoms. The van der Waals surface area contributed by atoms with E-state index in [0.29, 0.717) is 11.3 Å². The second kappa shape index (κ2) is 7.38. The first-order valence-corrected chi connectivity index (χ1v) is 7.04. The van der Waals surface area contributed by atoms with Crippen LogP contribution < -0.4 is 5.32 Å². The summed E-state index contributed by atoms with van der Waals surface area (Å²) in [6, 6.07) is 0. The quantitative estimate of drug-likeness (QED) is 0.654. The molecule has 0 aromatic rings. The number of rotatable bonds is 8. The molecule has 1 unspecified atom stereocenters. The standard InChI is InChI=1S/C15H33NO/c1-8-17-11-9-10-15(7,13(2)3)12-16-14(4,5)6/h13,16H,8-12H2,1-7H3. The summed E-state index contributed by atoms with van der Waals surface area (Å²) in [7, 11) is 0. The van der Waals surface area contributed by atoms with Gasteiger partial charge in [-0.05, 0) is 51.9 Å². The van der Waals surface area contributed by atoms with Crippen molar-refractivity contribution in [3.05, 3.63) is 0 Å². The predicted octanol–water partition coefficient (Wildman–Crippen LogP) is 3.85. The van der Waals surface area contributed by atoms with Crippen molar-refractivity contribution in [1.29, 1.82) is 0 Å². The van der Waals surface area contributed by atoms with E-state index in [1.165, 1.54) is 6.42 Å². The van der Waals surface area contributed by atoms with Crippen LogP contribution in [0.4, 0.5) is 0 Å². The van der Waals surface area contributed by atoms with E-state index in [0.717, 1.165) is 26.2 Å². The van der Waals surface area contributed by atoms with Crippen molar-refractivity contribution in [2.45, 2.75) is 66.8 Å². The monoisotopic (exact) mass is 243 g/mol. The van der Waals surface area contributed by atoms with Crippen LogP contribution in [0.5, 0.6) is 0 Å². The van der Waals surface area contributed by atoms with Crippen LogP contribution in [0.15, 0.2) is 0 Å². The number of nitrogens with one attached hydrogen (secondary N) is 1. The zero-order chi connectivity index (χ0) is 13.5. The van der Waals surface area contributed by atoms with Crippen molar-refractivity contribution in [3.63, 3.8) is 0 Å². The lowest BCUT2D eigenvalue weighted by atomic mass is 9.75. The summed E-state index contributed by atoms with van der Waals surface area (Å²) in [6.45, 7) is 18.6. The first kappa shape index (κ1) is 16.9. The van der Waals surface area contributed by atoms with Gasteiger partial charge in [-0.15, -0.1) is 0 Å². The van der Waals surface area contributed by atoms with Gasteiger partial charge in [0.2, 0.25) is 0 Å². The molecule has 1 atom stereocenters. The maximum atomic E-state index is 5.43. The number of ether oxygens (including phenoxy) is 1. The lowest BCUT2D eigenvalue weighted by Crippen LogP contribution is -2.45. The van der Waals surface area contributed by atoms with Crippen molar-refractivity contribution < 1.29 is 4.74 Å². The second-order valence-corrected chi connectivity index (χ2v) is 6.71. The molecule has 0 aliphatic rings. The molecule has 0 saturated carbocycles. The molecule has 2 heteroatoms. The van der Waals surface area contributed by atoms with Crippen LogP contribution >= 0.6 is 0 Å². The van der Waals surface area contributed by atoms with Crippen LogP contribution in [0.25, 0.3) is 0 Å². The average molecular weight is 243 g/mol. The normalized spacial score (nSPS) is 16.2. The first-order chi connectivity index (χ1) is 7.71. The van der Waals surface area contributed by atoms with Crippen LogP contribution in [0.3, 0.4) is 0 Å². The first-order valence-electron chi connectivity index (χ1n) is 7.04. The maximum Gasteiger partial charge on any atom is 0.0466 e. The third kappa shape index (κ3) is 7.77. The molecular weight excluding hydrogens is 210 g/mol. The fraction of sp³-hybridized carbons (Fsp3) is 1.00. The maximum absolute atomic E-state index is 5.43. The molecule has 0 aliphatic carbocycles. The molecule has 0 aromatic heterocycles.